The molecule has 122 valence electrons. The fourth-order valence-corrected chi connectivity index (χ4v) is 2.77. The number of hydrogen-bond donors (Lipinski definition) is 2. The Morgan fingerprint density at radius 1 is 1.30 bits per heavy atom. The first-order chi connectivity index (χ1) is 11.1. The molecule has 7 nitrogen and oxygen atoms in total. The molecule has 2 fully saturated rings. The summed E-state index contributed by atoms with van der Waals surface area (Å²) in [6.45, 7) is 3.21. The number of ether oxygens (including phenoxy) is 2. The zero-order valence-corrected chi connectivity index (χ0v) is 12.7. The highest BCUT2D eigenvalue weighted by molar-refractivity contribution is 6.39. The Hall–Kier alpha value is -2.25. The van der Waals surface area contributed by atoms with E-state index in [4.69, 9.17) is 14.9 Å². The van der Waals surface area contributed by atoms with E-state index < -0.39 is 11.9 Å². The highest BCUT2D eigenvalue weighted by atomic mass is 16.5. The van der Waals surface area contributed by atoms with Gasteiger partial charge in [0.2, 0.25) is 5.91 Å². The Balaban J connectivity index is 1.69. The first-order valence-corrected chi connectivity index (χ1v) is 7.59. The average Bonchev–Trinajstić information content (AvgIpc) is 2.88. The van der Waals surface area contributed by atoms with E-state index >= 15 is 0 Å². The van der Waals surface area contributed by atoms with Crippen molar-refractivity contribution in [3.8, 4) is 0 Å². The van der Waals surface area contributed by atoms with Crippen molar-refractivity contribution in [2.45, 2.75) is 5.92 Å². The van der Waals surface area contributed by atoms with Crippen LogP contribution in [0.5, 0.6) is 0 Å². The van der Waals surface area contributed by atoms with Crippen molar-refractivity contribution < 1.29 is 19.1 Å². The third-order valence-electron chi connectivity index (χ3n) is 4.03. The van der Waals surface area contributed by atoms with Gasteiger partial charge in [-0.15, -0.1) is 0 Å². The van der Waals surface area contributed by atoms with E-state index in [9.17, 15) is 9.59 Å². The van der Waals surface area contributed by atoms with Crippen molar-refractivity contribution in [1.29, 1.82) is 5.41 Å². The van der Waals surface area contributed by atoms with Crippen molar-refractivity contribution in [2.75, 3.05) is 44.8 Å². The SMILES string of the molecule is N=C1C(=O)OC[C@H]1c1ccccc1NC(=O)CN1CCOCC1. The van der Waals surface area contributed by atoms with Gasteiger partial charge < -0.3 is 14.8 Å². The molecule has 7 heteroatoms. The summed E-state index contributed by atoms with van der Waals surface area (Å²) in [5, 5.41) is 10.7. The van der Waals surface area contributed by atoms with Crippen LogP contribution < -0.4 is 5.32 Å². The van der Waals surface area contributed by atoms with Gasteiger partial charge in [-0.3, -0.25) is 15.1 Å². The van der Waals surface area contributed by atoms with Gasteiger partial charge in [0.1, 0.15) is 12.3 Å². The Kier molecular flexibility index (Phi) is 4.68. The van der Waals surface area contributed by atoms with E-state index in [1.54, 1.807) is 6.07 Å². The molecule has 2 aliphatic rings. The lowest BCUT2D eigenvalue weighted by Gasteiger charge is -2.26. The van der Waals surface area contributed by atoms with Gasteiger partial charge in [-0.1, -0.05) is 18.2 Å². The topological polar surface area (TPSA) is 91.7 Å². The van der Waals surface area contributed by atoms with Crippen LogP contribution >= 0.6 is 0 Å². The molecule has 0 spiro atoms. The van der Waals surface area contributed by atoms with Crippen LogP contribution in [0, 0.1) is 5.41 Å². The number of rotatable bonds is 4. The molecule has 0 bridgehead atoms. The number of hydrogen-bond acceptors (Lipinski definition) is 6. The monoisotopic (exact) mass is 317 g/mol. The van der Waals surface area contributed by atoms with Gasteiger partial charge in [-0.05, 0) is 11.6 Å². The Bertz CT molecular complexity index is 626. The quantitative estimate of drug-likeness (QED) is 0.794. The molecule has 3 rings (SSSR count). The van der Waals surface area contributed by atoms with E-state index in [2.05, 4.69) is 5.32 Å². The van der Waals surface area contributed by atoms with Crippen LogP contribution in [0.15, 0.2) is 24.3 Å². The fourth-order valence-electron chi connectivity index (χ4n) is 2.77. The molecule has 0 radical (unpaired) electrons. The van der Waals surface area contributed by atoms with E-state index in [-0.39, 0.29) is 18.2 Å². The second kappa shape index (κ2) is 6.89. The van der Waals surface area contributed by atoms with Crippen molar-refractivity contribution >= 4 is 23.3 Å². The van der Waals surface area contributed by atoms with Crippen LogP contribution in [0.1, 0.15) is 11.5 Å². The maximum absolute atomic E-state index is 12.2. The molecule has 2 saturated heterocycles. The summed E-state index contributed by atoms with van der Waals surface area (Å²) >= 11 is 0. The molecule has 2 N–H and O–H groups in total. The molecule has 0 saturated carbocycles. The number of esters is 1. The van der Waals surface area contributed by atoms with Crippen LogP contribution in [-0.2, 0) is 19.1 Å². The molecule has 23 heavy (non-hydrogen) atoms. The summed E-state index contributed by atoms with van der Waals surface area (Å²) in [5.74, 6) is -1.14. The van der Waals surface area contributed by atoms with Gasteiger partial charge >= 0.3 is 5.97 Å². The van der Waals surface area contributed by atoms with Crippen molar-refractivity contribution in [3.05, 3.63) is 29.8 Å². The minimum absolute atomic E-state index is 0.0696. The fraction of sp³-hybridized carbons (Fsp3) is 0.438. The normalized spacial score (nSPS) is 22.0. The third-order valence-corrected chi connectivity index (χ3v) is 4.03. The lowest BCUT2D eigenvalue weighted by Crippen LogP contribution is -2.41. The van der Waals surface area contributed by atoms with Gasteiger partial charge in [-0.2, -0.15) is 0 Å². The molecule has 2 aliphatic heterocycles. The second-order valence-corrected chi connectivity index (χ2v) is 5.59. The third kappa shape index (κ3) is 3.57. The average molecular weight is 317 g/mol. The van der Waals surface area contributed by atoms with E-state index in [1.165, 1.54) is 0 Å². The highest BCUT2D eigenvalue weighted by Gasteiger charge is 2.33. The van der Waals surface area contributed by atoms with Crippen LogP contribution in [0.2, 0.25) is 0 Å². The number of morpholine rings is 1. The number of nitrogens with one attached hydrogen (secondary N) is 2. The Morgan fingerprint density at radius 2 is 2.04 bits per heavy atom. The predicted octanol–water partition coefficient (Wildman–Crippen LogP) is 0.617. The van der Waals surface area contributed by atoms with E-state index in [0.29, 0.717) is 25.4 Å². The van der Waals surface area contributed by atoms with Crippen molar-refractivity contribution in [1.82, 2.24) is 4.90 Å². The first-order valence-electron chi connectivity index (χ1n) is 7.59. The molecule has 0 aromatic heterocycles. The number of amides is 1. The van der Waals surface area contributed by atoms with Gasteiger partial charge in [0.15, 0.2) is 0 Å². The van der Waals surface area contributed by atoms with Crippen molar-refractivity contribution in [2.24, 2.45) is 0 Å². The minimum Gasteiger partial charge on any atom is -0.460 e. The molecule has 2 heterocycles. The van der Waals surface area contributed by atoms with Crippen LogP contribution in [-0.4, -0.2) is 61.9 Å². The highest BCUT2D eigenvalue weighted by Crippen LogP contribution is 2.29. The summed E-state index contributed by atoms with van der Waals surface area (Å²) in [6, 6.07) is 7.23. The summed E-state index contributed by atoms with van der Waals surface area (Å²) in [7, 11) is 0. The number of anilines is 1. The Labute approximate surface area is 134 Å². The molecule has 1 atom stereocenters. The van der Waals surface area contributed by atoms with Gasteiger partial charge in [0, 0.05) is 18.8 Å². The standard InChI is InChI=1S/C16H19N3O4/c17-15-12(10-23-16(15)21)11-3-1-2-4-13(11)18-14(20)9-19-5-7-22-8-6-19/h1-4,12,17H,5-10H2,(H,18,20)/t12-/m0/s1. The first kappa shape index (κ1) is 15.6. The molecule has 0 aliphatic carbocycles. The molecule has 0 unspecified atom stereocenters. The summed E-state index contributed by atoms with van der Waals surface area (Å²) < 4.78 is 10.2. The molecule has 1 amide bonds. The molecular formula is C16H19N3O4. The number of para-hydroxylation sites is 1. The number of benzene rings is 1. The lowest BCUT2D eigenvalue weighted by molar-refractivity contribution is -0.132. The number of cyclic esters (lactones) is 1. The van der Waals surface area contributed by atoms with Gasteiger partial charge in [0.25, 0.3) is 0 Å². The van der Waals surface area contributed by atoms with E-state index in [0.717, 1.165) is 18.7 Å². The zero-order chi connectivity index (χ0) is 16.2. The number of nitrogens with zero attached hydrogens (tertiary/aromatic N) is 1. The second-order valence-electron chi connectivity index (χ2n) is 5.59. The van der Waals surface area contributed by atoms with Gasteiger partial charge in [0.05, 0.1) is 25.7 Å². The van der Waals surface area contributed by atoms with Crippen LogP contribution in [0.4, 0.5) is 5.69 Å². The summed E-state index contributed by atoms with van der Waals surface area (Å²) in [4.78, 5) is 25.7. The largest absolute Gasteiger partial charge is 0.460 e. The maximum atomic E-state index is 12.2. The zero-order valence-electron chi connectivity index (χ0n) is 12.7. The minimum atomic E-state index is -0.593. The molecular weight excluding hydrogens is 298 g/mol. The Morgan fingerprint density at radius 3 is 2.74 bits per heavy atom. The summed E-state index contributed by atoms with van der Waals surface area (Å²) in [6.07, 6.45) is 0. The summed E-state index contributed by atoms with van der Waals surface area (Å²) in [5.41, 5.74) is 1.29. The lowest BCUT2D eigenvalue weighted by atomic mass is 9.95. The number of carbonyl (C=O) groups excluding carboxylic acids is 2. The number of carbonyl (C=O) groups is 2. The van der Waals surface area contributed by atoms with Crippen LogP contribution in [0.3, 0.4) is 0 Å². The van der Waals surface area contributed by atoms with Gasteiger partial charge in [-0.25, -0.2) is 4.79 Å². The molecule has 1 aromatic carbocycles. The maximum Gasteiger partial charge on any atom is 0.352 e. The predicted molar refractivity (Wildman–Crippen MR) is 83.8 cm³/mol. The molecule has 1 aromatic rings. The van der Waals surface area contributed by atoms with Crippen LogP contribution in [0.25, 0.3) is 0 Å². The van der Waals surface area contributed by atoms with E-state index in [1.807, 2.05) is 23.1 Å². The van der Waals surface area contributed by atoms with Crippen molar-refractivity contribution in [3.63, 3.8) is 0 Å². The smallest absolute Gasteiger partial charge is 0.352 e.